The fourth-order valence-electron chi connectivity index (χ4n) is 3.50. The highest BCUT2D eigenvalue weighted by molar-refractivity contribution is 9.10. The summed E-state index contributed by atoms with van der Waals surface area (Å²) in [5, 5.41) is 1.55. The van der Waals surface area contributed by atoms with E-state index >= 15 is 0 Å². The SMILES string of the molecule is O=C(Nc1ccccc1C(F)(F)F)c1ccccc1SC1CC(=O)N(c2ccc(Br)cc2)C1=O. The summed E-state index contributed by atoms with van der Waals surface area (Å²) < 4.78 is 40.7. The fourth-order valence-corrected chi connectivity index (χ4v) is 4.94. The van der Waals surface area contributed by atoms with Crippen molar-refractivity contribution in [2.45, 2.75) is 22.7 Å². The van der Waals surface area contributed by atoms with Crippen LogP contribution in [-0.2, 0) is 15.8 Å². The number of nitrogens with zero attached hydrogens (tertiary/aromatic N) is 1. The fraction of sp³-hybridized carbons (Fsp3) is 0.125. The first-order chi connectivity index (χ1) is 16.1. The second kappa shape index (κ2) is 9.63. The Bertz CT molecular complexity index is 1260. The number of amides is 3. The van der Waals surface area contributed by atoms with Crippen LogP contribution in [0.15, 0.2) is 82.2 Å². The molecule has 0 radical (unpaired) electrons. The van der Waals surface area contributed by atoms with Crippen LogP contribution in [0.4, 0.5) is 24.5 Å². The average Bonchev–Trinajstić information content (AvgIpc) is 3.07. The van der Waals surface area contributed by atoms with Gasteiger partial charge in [-0.25, -0.2) is 4.90 Å². The number of imide groups is 1. The van der Waals surface area contributed by atoms with Crippen LogP contribution in [0.3, 0.4) is 0 Å². The largest absolute Gasteiger partial charge is 0.418 e. The third kappa shape index (κ3) is 5.02. The Balaban J connectivity index is 1.56. The van der Waals surface area contributed by atoms with Gasteiger partial charge in [-0.1, -0.05) is 40.2 Å². The molecule has 1 N–H and O–H groups in total. The maximum Gasteiger partial charge on any atom is 0.418 e. The summed E-state index contributed by atoms with van der Waals surface area (Å²) in [5.74, 6) is -1.54. The number of hydrogen-bond acceptors (Lipinski definition) is 4. The van der Waals surface area contributed by atoms with E-state index in [1.165, 1.54) is 24.3 Å². The maximum absolute atomic E-state index is 13.3. The third-order valence-electron chi connectivity index (χ3n) is 5.07. The van der Waals surface area contributed by atoms with Crippen molar-refractivity contribution in [3.63, 3.8) is 0 Å². The smallest absolute Gasteiger partial charge is 0.321 e. The van der Waals surface area contributed by atoms with Gasteiger partial charge in [-0.05, 0) is 48.5 Å². The van der Waals surface area contributed by atoms with E-state index in [9.17, 15) is 27.6 Å². The molecular formula is C24H16BrF3N2O3S. The number of anilines is 2. The van der Waals surface area contributed by atoms with Crippen LogP contribution < -0.4 is 10.2 Å². The lowest BCUT2D eigenvalue weighted by Crippen LogP contribution is -2.31. The number of nitrogens with one attached hydrogen (secondary N) is 1. The molecule has 1 aliphatic heterocycles. The predicted octanol–water partition coefficient (Wildman–Crippen LogP) is 6.14. The van der Waals surface area contributed by atoms with Crippen LogP contribution in [-0.4, -0.2) is 23.0 Å². The molecule has 1 saturated heterocycles. The standard InChI is InChI=1S/C24H16BrF3N2O3S/c25-14-9-11-15(12-10-14)30-21(31)13-20(23(30)33)34-19-8-4-1-5-16(19)22(32)29-18-7-3-2-6-17(18)24(26,27)28/h1-12,20H,13H2,(H,29,32). The van der Waals surface area contributed by atoms with Gasteiger partial charge >= 0.3 is 6.18 Å². The first-order valence-electron chi connectivity index (χ1n) is 10.0. The van der Waals surface area contributed by atoms with Crippen molar-refractivity contribution in [1.82, 2.24) is 0 Å². The topological polar surface area (TPSA) is 66.5 Å². The van der Waals surface area contributed by atoms with Gasteiger partial charge in [0.25, 0.3) is 5.91 Å². The Morgan fingerprint density at radius 1 is 0.971 bits per heavy atom. The molecule has 5 nitrogen and oxygen atoms in total. The molecule has 3 aromatic carbocycles. The zero-order valence-electron chi connectivity index (χ0n) is 17.3. The van der Waals surface area contributed by atoms with E-state index in [4.69, 9.17) is 0 Å². The van der Waals surface area contributed by atoms with E-state index in [1.807, 2.05) is 0 Å². The van der Waals surface area contributed by atoms with Gasteiger partial charge in [-0.3, -0.25) is 14.4 Å². The number of thioether (sulfide) groups is 1. The summed E-state index contributed by atoms with van der Waals surface area (Å²) in [5.41, 5.74) is -0.786. The maximum atomic E-state index is 13.3. The molecule has 3 amide bonds. The molecular weight excluding hydrogens is 533 g/mol. The van der Waals surface area contributed by atoms with Gasteiger partial charge in [0.2, 0.25) is 11.8 Å². The highest BCUT2D eigenvalue weighted by atomic mass is 79.9. The summed E-state index contributed by atoms with van der Waals surface area (Å²) in [6.45, 7) is 0. The normalized spacial score (nSPS) is 16.1. The van der Waals surface area contributed by atoms with E-state index in [0.717, 1.165) is 27.2 Å². The highest BCUT2D eigenvalue weighted by Crippen LogP contribution is 2.37. The van der Waals surface area contributed by atoms with Gasteiger partial charge < -0.3 is 5.32 Å². The molecule has 1 aliphatic rings. The Morgan fingerprint density at radius 2 is 1.62 bits per heavy atom. The highest BCUT2D eigenvalue weighted by Gasteiger charge is 2.40. The average molecular weight is 549 g/mol. The molecule has 0 aromatic heterocycles. The number of hydrogen-bond donors (Lipinski definition) is 1. The lowest BCUT2D eigenvalue weighted by molar-refractivity contribution is -0.137. The van der Waals surface area contributed by atoms with Gasteiger partial charge in [-0.15, -0.1) is 11.8 Å². The van der Waals surface area contributed by atoms with Crippen molar-refractivity contribution >= 4 is 56.8 Å². The summed E-state index contributed by atoms with van der Waals surface area (Å²) in [4.78, 5) is 39.9. The molecule has 0 aliphatic carbocycles. The van der Waals surface area contributed by atoms with Crippen molar-refractivity contribution in [1.29, 1.82) is 0 Å². The Hall–Kier alpha value is -3.11. The minimum absolute atomic E-state index is 0.0631. The molecule has 174 valence electrons. The minimum Gasteiger partial charge on any atom is -0.321 e. The summed E-state index contributed by atoms with van der Waals surface area (Å²) in [6.07, 6.45) is -4.70. The minimum atomic E-state index is -4.63. The lowest BCUT2D eigenvalue weighted by Gasteiger charge is -2.16. The number of alkyl halides is 3. The second-order valence-electron chi connectivity index (χ2n) is 7.35. The molecule has 3 aromatic rings. The number of carbonyl (C=O) groups excluding carboxylic acids is 3. The zero-order valence-corrected chi connectivity index (χ0v) is 19.7. The van der Waals surface area contributed by atoms with Crippen LogP contribution in [0, 0.1) is 0 Å². The monoisotopic (exact) mass is 548 g/mol. The summed E-state index contributed by atoms with van der Waals surface area (Å²) >= 11 is 4.34. The van der Waals surface area contributed by atoms with E-state index in [0.29, 0.717) is 10.6 Å². The van der Waals surface area contributed by atoms with E-state index < -0.39 is 28.8 Å². The van der Waals surface area contributed by atoms with E-state index in [-0.39, 0.29) is 23.6 Å². The molecule has 1 fully saturated rings. The van der Waals surface area contributed by atoms with Crippen LogP contribution in [0.25, 0.3) is 0 Å². The molecule has 10 heteroatoms. The van der Waals surface area contributed by atoms with Crippen molar-refractivity contribution in [3.05, 3.63) is 88.4 Å². The van der Waals surface area contributed by atoms with Crippen LogP contribution in [0.2, 0.25) is 0 Å². The number of benzene rings is 3. The van der Waals surface area contributed by atoms with Gasteiger partial charge in [0.1, 0.15) is 0 Å². The number of carbonyl (C=O) groups is 3. The van der Waals surface area contributed by atoms with Crippen LogP contribution in [0.5, 0.6) is 0 Å². The quantitative estimate of drug-likeness (QED) is 0.388. The van der Waals surface area contributed by atoms with Crippen LogP contribution in [0.1, 0.15) is 22.3 Å². The first kappa shape index (κ1) is 24.0. The molecule has 1 unspecified atom stereocenters. The van der Waals surface area contributed by atoms with Crippen LogP contribution >= 0.6 is 27.7 Å². The molecule has 1 atom stereocenters. The Morgan fingerprint density at radius 3 is 2.32 bits per heavy atom. The predicted molar refractivity (Wildman–Crippen MR) is 127 cm³/mol. The van der Waals surface area contributed by atoms with Gasteiger partial charge in [0.15, 0.2) is 0 Å². The van der Waals surface area contributed by atoms with Gasteiger partial charge in [0, 0.05) is 15.8 Å². The molecule has 1 heterocycles. The van der Waals surface area contributed by atoms with E-state index in [1.54, 1.807) is 42.5 Å². The number of rotatable bonds is 5. The molecule has 0 saturated carbocycles. The van der Waals surface area contributed by atoms with Crippen molar-refractivity contribution in [2.75, 3.05) is 10.2 Å². The lowest BCUT2D eigenvalue weighted by atomic mass is 10.1. The van der Waals surface area contributed by atoms with Gasteiger partial charge in [0.05, 0.1) is 27.8 Å². The van der Waals surface area contributed by atoms with E-state index in [2.05, 4.69) is 21.2 Å². The van der Waals surface area contributed by atoms with Crippen molar-refractivity contribution in [3.8, 4) is 0 Å². The summed E-state index contributed by atoms with van der Waals surface area (Å²) in [6, 6.07) is 17.7. The number of halogens is 4. The second-order valence-corrected chi connectivity index (χ2v) is 9.51. The molecule has 34 heavy (non-hydrogen) atoms. The van der Waals surface area contributed by atoms with Crippen molar-refractivity contribution < 1.29 is 27.6 Å². The molecule has 0 spiro atoms. The Labute approximate surface area is 205 Å². The Kier molecular flexibility index (Phi) is 6.81. The zero-order chi connectivity index (χ0) is 24.5. The number of para-hydroxylation sites is 1. The third-order valence-corrected chi connectivity index (χ3v) is 6.86. The molecule has 0 bridgehead atoms. The first-order valence-corrected chi connectivity index (χ1v) is 11.7. The van der Waals surface area contributed by atoms with Gasteiger partial charge in [-0.2, -0.15) is 13.2 Å². The van der Waals surface area contributed by atoms with Crippen molar-refractivity contribution in [2.24, 2.45) is 0 Å². The summed E-state index contributed by atoms with van der Waals surface area (Å²) in [7, 11) is 0. The molecule has 4 rings (SSSR count).